The number of hydrogen-bond acceptors (Lipinski definition) is 7. The van der Waals surface area contributed by atoms with E-state index in [0.29, 0.717) is 37.5 Å². The van der Waals surface area contributed by atoms with Crippen LogP contribution in [0.4, 0.5) is 0 Å². The summed E-state index contributed by atoms with van der Waals surface area (Å²) in [6.45, 7) is 0.696. The van der Waals surface area contributed by atoms with Crippen LogP contribution in [0.3, 0.4) is 0 Å². The molecule has 0 radical (unpaired) electrons. The smallest absolute Gasteiger partial charge is 0.328 e. The monoisotopic (exact) mass is 338 g/mol. The molecule has 0 rings (SSSR count). The minimum absolute atomic E-state index is 0.0278. The standard InChI is InChI=1S/2C4H4O4.C4H10O3/c2*5-3(6)1-2-4(7)8;5-1-3-7-4-2-6/h2*1-2H,(H,5,6)(H,7,8);5-6H,1-4H2. The third kappa shape index (κ3) is 45.3. The van der Waals surface area contributed by atoms with Crippen LogP contribution >= 0.6 is 0 Å². The van der Waals surface area contributed by atoms with Crippen LogP contribution < -0.4 is 0 Å². The number of aliphatic carboxylic acids is 4. The molecular formula is C12H18O11. The number of carbonyl (C=O) groups is 4. The molecule has 132 valence electrons. The molecule has 0 fully saturated rings. The molecule has 0 saturated heterocycles. The predicted octanol–water partition coefficient (Wildman–Crippen LogP) is -1.59. The number of carboxylic acid groups (broad SMARTS) is 4. The van der Waals surface area contributed by atoms with Crippen molar-refractivity contribution in [2.75, 3.05) is 26.4 Å². The maximum Gasteiger partial charge on any atom is 0.328 e. The zero-order valence-electron chi connectivity index (χ0n) is 11.9. The molecule has 0 atom stereocenters. The highest BCUT2D eigenvalue weighted by atomic mass is 16.5. The average Bonchev–Trinajstić information content (AvgIpc) is 2.45. The lowest BCUT2D eigenvalue weighted by Crippen LogP contribution is -2.03. The number of ether oxygens (including phenoxy) is 1. The molecule has 11 heteroatoms. The van der Waals surface area contributed by atoms with Gasteiger partial charge in [-0.3, -0.25) is 0 Å². The van der Waals surface area contributed by atoms with Crippen molar-refractivity contribution in [1.82, 2.24) is 0 Å². The van der Waals surface area contributed by atoms with Crippen LogP contribution in [0.15, 0.2) is 24.3 Å². The Morgan fingerprint density at radius 3 is 0.957 bits per heavy atom. The van der Waals surface area contributed by atoms with Crippen molar-refractivity contribution in [3.63, 3.8) is 0 Å². The molecule has 0 amide bonds. The van der Waals surface area contributed by atoms with Gasteiger partial charge in [0.25, 0.3) is 0 Å². The molecule has 0 aliphatic carbocycles. The number of rotatable bonds is 8. The Morgan fingerprint density at radius 2 is 0.826 bits per heavy atom. The molecule has 6 N–H and O–H groups in total. The summed E-state index contributed by atoms with van der Waals surface area (Å²) in [5.41, 5.74) is 0. The second kappa shape index (κ2) is 19.2. The van der Waals surface area contributed by atoms with Gasteiger partial charge in [0.05, 0.1) is 26.4 Å². The summed E-state index contributed by atoms with van der Waals surface area (Å²) in [6.07, 6.45) is 2.23. The van der Waals surface area contributed by atoms with Gasteiger partial charge in [-0.05, 0) is 0 Å². The Morgan fingerprint density at radius 1 is 0.609 bits per heavy atom. The topological polar surface area (TPSA) is 199 Å². The van der Waals surface area contributed by atoms with Gasteiger partial charge in [0.15, 0.2) is 0 Å². The van der Waals surface area contributed by atoms with Crippen LogP contribution in [0, 0.1) is 0 Å². The molecule has 23 heavy (non-hydrogen) atoms. The van der Waals surface area contributed by atoms with Gasteiger partial charge < -0.3 is 35.4 Å². The highest BCUT2D eigenvalue weighted by Gasteiger charge is 1.88. The average molecular weight is 338 g/mol. The van der Waals surface area contributed by atoms with Crippen LogP contribution in [0.5, 0.6) is 0 Å². The lowest BCUT2D eigenvalue weighted by molar-refractivity contribution is -0.134. The number of hydrogen-bond donors (Lipinski definition) is 6. The summed E-state index contributed by atoms with van der Waals surface area (Å²) in [6, 6.07) is 0. The van der Waals surface area contributed by atoms with E-state index in [0.717, 1.165) is 0 Å². The largest absolute Gasteiger partial charge is 0.478 e. The first-order valence-corrected chi connectivity index (χ1v) is 5.74. The second-order valence-corrected chi connectivity index (χ2v) is 3.08. The molecular weight excluding hydrogens is 320 g/mol. The molecule has 0 aliphatic rings. The molecule has 0 saturated carbocycles. The van der Waals surface area contributed by atoms with E-state index in [4.69, 9.17) is 30.6 Å². The fourth-order valence-electron chi connectivity index (χ4n) is 0.516. The van der Waals surface area contributed by atoms with Crippen LogP contribution in [-0.2, 0) is 23.9 Å². The van der Waals surface area contributed by atoms with Crippen molar-refractivity contribution >= 4 is 23.9 Å². The summed E-state index contributed by atoms with van der Waals surface area (Å²) >= 11 is 0. The first kappa shape index (κ1) is 25.2. The highest BCUT2D eigenvalue weighted by molar-refractivity contribution is 5.90. The van der Waals surface area contributed by atoms with E-state index in [1.54, 1.807) is 0 Å². The van der Waals surface area contributed by atoms with Gasteiger partial charge >= 0.3 is 23.9 Å². The van der Waals surface area contributed by atoms with E-state index in [9.17, 15) is 19.2 Å². The van der Waals surface area contributed by atoms with Crippen molar-refractivity contribution in [3.8, 4) is 0 Å². The Hall–Kier alpha value is -2.76. The molecule has 0 aliphatic heterocycles. The predicted molar refractivity (Wildman–Crippen MR) is 73.8 cm³/mol. The molecule has 0 bridgehead atoms. The number of carboxylic acids is 4. The van der Waals surface area contributed by atoms with E-state index in [-0.39, 0.29) is 13.2 Å². The quantitative estimate of drug-likeness (QED) is 0.220. The lowest BCUT2D eigenvalue weighted by atomic mass is 10.5. The van der Waals surface area contributed by atoms with Gasteiger partial charge in [0.1, 0.15) is 0 Å². The van der Waals surface area contributed by atoms with Crippen LogP contribution in [0.1, 0.15) is 0 Å². The number of aliphatic hydroxyl groups is 2. The first-order chi connectivity index (χ1) is 10.7. The molecule has 0 unspecified atom stereocenters. The molecule has 11 nitrogen and oxygen atoms in total. The van der Waals surface area contributed by atoms with E-state index >= 15 is 0 Å². The maximum atomic E-state index is 9.55. The fraction of sp³-hybridized carbons (Fsp3) is 0.333. The van der Waals surface area contributed by atoms with Gasteiger partial charge in [-0.15, -0.1) is 0 Å². The van der Waals surface area contributed by atoms with Crippen molar-refractivity contribution in [1.29, 1.82) is 0 Å². The van der Waals surface area contributed by atoms with E-state index < -0.39 is 23.9 Å². The molecule has 0 aromatic rings. The van der Waals surface area contributed by atoms with Crippen molar-refractivity contribution in [2.45, 2.75) is 0 Å². The van der Waals surface area contributed by atoms with Crippen LogP contribution in [0.2, 0.25) is 0 Å². The SMILES string of the molecule is O=C(O)C=CC(=O)O.O=C(O)C=CC(=O)O.OCCOCCO. The Balaban J connectivity index is -0.000000262. The van der Waals surface area contributed by atoms with Crippen LogP contribution in [-0.4, -0.2) is 80.9 Å². The van der Waals surface area contributed by atoms with Crippen molar-refractivity contribution in [3.05, 3.63) is 24.3 Å². The van der Waals surface area contributed by atoms with Gasteiger partial charge in [0, 0.05) is 24.3 Å². The molecule has 0 heterocycles. The highest BCUT2D eigenvalue weighted by Crippen LogP contribution is 1.71. The zero-order chi connectivity index (χ0) is 18.7. The summed E-state index contributed by atoms with van der Waals surface area (Å²) in [5.74, 6) is -5.03. The third-order valence-corrected chi connectivity index (χ3v) is 1.21. The number of aliphatic hydroxyl groups excluding tert-OH is 2. The summed E-state index contributed by atoms with van der Waals surface area (Å²) in [4.78, 5) is 38.2. The van der Waals surface area contributed by atoms with Crippen molar-refractivity contribution in [2.24, 2.45) is 0 Å². The summed E-state index contributed by atoms with van der Waals surface area (Å²) < 4.78 is 4.63. The minimum Gasteiger partial charge on any atom is -0.478 e. The van der Waals surface area contributed by atoms with Gasteiger partial charge in [0.2, 0.25) is 0 Å². The van der Waals surface area contributed by atoms with Gasteiger partial charge in [-0.2, -0.15) is 0 Å². The zero-order valence-corrected chi connectivity index (χ0v) is 11.9. The molecule has 0 spiro atoms. The maximum absolute atomic E-state index is 9.55. The minimum atomic E-state index is -1.26. The Kier molecular flexibility index (Phi) is 21.1. The van der Waals surface area contributed by atoms with E-state index in [2.05, 4.69) is 4.74 Å². The van der Waals surface area contributed by atoms with Crippen molar-refractivity contribution < 1.29 is 54.6 Å². The summed E-state index contributed by atoms with van der Waals surface area (Å²) in [5, 5.41) is 47.4. The molecule has 0 aromatic carbocycles. The van der Waals surface area contributed by atoms with Gasteiger partial charge in [-0.1, -0.05) is 0 Å². The first-order valence-electron chi connectivity index (χ1n) is 5.74. The Bertz CT molecular complexity index is 341. The fourth-order valence-corrected chi connectivity index (χ4v) is 0.516. The molecule has 0 aromatic heterocycles. The van der Waals surface area contributed by atoms with E-state index in [1.807, 2.05) is 0 Å². The third-order valence-electron chi connectivity index (χ3n) is 1.21. The van der Waals surface area contributed by atoms with Crippen LogP contribution in [0.25, 0.3) is 0 Å². The van der Waals surface area contributed by atoms with Gasteiger partial charge in [-0.25, -0.2) is 19.2 Å². The second-order valence-electron chi connectivity index (χ2n) is 3.08. The normalized spacial score (nSPS) is 9.48. The van der Waals surface area contributed by atoms with E-state index in [1.165, 1.54) is 0 Å². The Labute approximate surface area is 130 Å². The summed E-state index contributed by atoms with van der Waals surface area (Å²) in [7, 11) is 0. The lowest BCUT2D eigenvalue weighted by Gasteiger charge is -1.94.